The topological polar surface area (TPSA) is 79.2 Å². The fourth-order valence-corrected chi connectivity index (χ4v) is 1.93. The van der Waals surface area contributed by atoms with Crippen LogP contribution >= 0.6 is 0 Å². The zero-order valence-electron chi connectivity index (χ0n) is 9.63. The van der Waals surface area contributed by atoms with Crippen LogP contribution in [0, 0.1) is 5.92 Å². The van der Waals surface area contributed by atoms with Gasteiger partial charge in [0.05, 0.1) is 31.8 Å². The van der Waals surface area contributed by atoms with Gasteiger partial charge in [0.2, 0.25) is 0 Å². The second kappa shape index (κ2) is 6.15. The molecule has 0 spiro atoms. The molecule has 2 N–H and O–H groups in total. The smallest absolute Gasteiger partial charge is 0.310 e. The molecule has 16 heavy (non-hydrogen) atoms. The van der Waals surface area contributed by atoms with E-state index in [0.29, 0.717) is 13.2 Å². The summed E-state index contributed by atoms with van der Waals surface area (Å²) in [5.41, 5.74) is 0. The van der Waals surface area contributed by atoms with Crippen molar-refractivity contribution in [3.63, 3.8) is 0 Å². The van der Waals surface area contributed by atoms with E-state index in [1.165, 1.54) is 7.11 Å². The molecule has 0 aromatic carbocycles. The molecule has 1 rings (SSSR count). The van der Waals surface area contributed by atoms with E-state index in [1.54, 1.807) is 7.05 Å². The van der Waals surface area contributed by atoms with E-state index in [-0.39, 0.29) is 19.3 Å². The average Bonchev–Trinajstić information content (AvgIpc) is 2.65. The number of nitrogens with zero attached hydrogens (tertiary/aromatic N) is 1. The number of hydrogen-bond acceptors (Lipinski definition) is 5. The van der Waals surface area contributed by atoms with E-state index in [0.717, 1.165) is 0 Å². The molecular formula is C10H19NO5. The number of aliphatic carboxylic acids is 1. The van der Waals surface area contributed by atoms with Crippen LogP contribution in [-0.2, 0) is 14.3 Å². The maximum absolute atomic E-state index is 10.9. The minimum atomic E-state index is -0.851. The van der Waals surface area contributed by atoms with Gasteiger partial charge in [-0.05, 0) is 7.05 Å². The van der Waals surface area contributed by atoms with E-state index >= 15 is 0 Å². The summed E-state index contributed by atoms with van der Waals surface area (Å²) >= 11 is 0. The zero-order valence-corrected chi connectivity index (χ0v) is 9.63. The molecule has 1 heterocycles. The molecule has 6 nitrogen and oxygen atoms in total. The van der Waals surface area contributed by atoms with Gasteiger partial charge in [0, 0.05) is 19.7 Å². The van der Waals surface area contributed by atoms with E-state index in [1.807, 2.05) is 4.90 Å². The minimum absolute atomic E-state index is 0.177. The summed E-state index contributed by atoms with van der Waals surface area (Å²) in [6.45, 7) is 1.26. The second-order valence-electron chi connectivity index (χ2n) is 4.10. The van der Waals surface area contributed by atoms with E-state index in [4.69, 9.17) is 14.6 Å². The van der Waals surface area contributed by atoms with Gasteiger partial charge in [-0.15, -0.1) is 0 Å². The number of carboxylic acid groups (broad SMARTS) is 1. The fraction of sp³-hybridized carbons (Fsp3) is 0.900. The van der Waals surface area contributed by atoms with Crippen LogP contribution in [0.25, 0.3) is 0 Å². The first-order valence-corrected chi connectivity index (χ1v) is 5.24. The monoisotopic (exact) mass is 233 g/mol. The Hall–Kier alpha value is -0.690. The average molecular weight is 233 g/mol. The van der Waals surface area contributed by atoms with Crippen molar-refractivity contribution in [3.8, 4) is 0 Å². The molecule has 3 unspecified atom stereocenters. The molecule has 0 aromatic heterocycles. The van der Waals surface area contributed by atoms with Gasteiger partial charge in [-0.2, -0.15) is 0 Å². The third-order valence-electron chi connectivity index (χ3n) is 2.79. The van der Waals surface area contributed by atoms with Gasteiger partial charge in [0.25, 0.3) is 0 Å². The van der Waals surface area contributed by atoms with Crippen LogP contribution in [0.1, 0.15) is 0 Å². The van der Waals surface area contributed by atoms with Crippen molar-refractivity contribution in [2.24, 2.45) is 5.92 Å². The first kappa shape index (κ1) is 13.4. The van der Waals surface area contributed by atoms with Crippen molar-refractivity contribution in [2.45, 2.75) is 12.1 Å². The number of rotatable bonds is 6. The maximum Gasteiger partial charge on any atom is 0.310 e. The highest BCUT2D eigenvalue weighted by molar-refractivity contribution is 5.71. The van der Waals surface area contributed by atoms with Gasteiger partial charge >= 0.3 is 5.97 Å². The Bertz CT molecular complexity index is 235. The van der Waals surface area contributed by atoms with Crippen molar-refractivity contribution >= 4 is 5.97 Å². The molecule has 1 aliphatic rings. The molecule has 0 saturated carbocycles. The predicted molar refractivity (Wildman–Crippen MR) is 56.2 cm³/mol. The summed E-state index contributed by atoms with van der Waals surface area (Å²) in [7, 11) is 3.30. The van der Waals surface area contributed by atoms with Crippen LogP contribution in [0.15, 0.2) is 0 Å². The maximum atomic E-state index is 10.9. The van der Waals surface area contributed by atoms with Gasteiger partial charge in [-0.25, -0.2) is 0 Å². The summed E-state index contributed by atoms with van der Waals surface area (Å²) in [6, 6.07) is -0.177. The number of aliphatic hydroxyl groups is 1. The third-order valence-corrected chi connectivity index (χ3v) is 2.79. The van der Waals surface area contributed by atoms with Crippen molar-refractivity contribution < 1.29 is 24.5 Å². The summed E-state index contributed by atoms with van der Waals surface area (Å²) in [6.07, 6.45) is -0.606. The first-order valence-electron chi connectivity index (χ1n) is 5.24. The quantitative estimate of drug-likeness (QED) is 0.614. The van der Waals surface area contributed by atoms with Gasteiger partial charge in [0.15, 0.2) is 0 Å². The normalized spacial score (nSPS) is 27.2. The van der Waals surface area contributed by atoms with Gasteiger partial charge in [-0.3, -0.25) is 9.69 Å². The summed E-state index contributed by atoms with van der Waals surface area (Å²) in [5, 5.41) is 18.5. The number of ether oxygens (including phenoxy) is 2. The Balaban J connectivity index is 2.46. The highest BCUT2D eigenvalue weighted by Crippen LogP contribution is 2.19. The van der Waals surface area contributed by atoms with E-state index in [9.17, 15) is 9.90 Å². The van der Waals surface area contributed by atoms with Crippen molar-refractivity contribution in [1.82, 2.24) is 4.90 Å². The molecule has 6 heteroatoms. The molecule has 0 bridgehead atoms. The number of methoxy groups -OCH3 is 1. The molecule has 0 aliphatic carbocycles. The molecular weight excluding hydrogens is 214 g/mol. The van der Waals surface area contributed by atoms with Crippen molar-refractivity contribution in [3.05, 3.63) is 0 Å². The van der Waals surface area contributed by atoms with Crippen LogP contribution < -0.4 is 0 Å². The molecule has 1 aliphatic heterocycles. The molecule has 94 valence electrons. The number of aliphatic hydroxyl groups excluding tert-OH is 1. The first-order chi connectivity index (χ1) is 7.56. The van der Waals surface area contributed by atoms with Gasteiger partial charge in [-0.1, -0.05) is 0 Å². The highest BCUT2D eigenvalue weighted by atomic mass is 16.5. The van der Waals surface area contributed by atoms with Crippen LogP contribution in [0.3, 0.4) is 0 Å². The molecule has 3 atom stereocenters. The third kappa shape index (κ3) is 3.41. The summed E-state index contributed by atoms with van der Waals surface area (Å²) in [5.74, 6) is -1.37. The minimum Gasteiger partial charge on any atom is -0.481 e. The highest BCUT2D eigenvalue weighted by Gasteiger charge is 2.36. The Labute approximate surface area is 94.8 Å². The second-order valence-corrected chi connectivity index (χ2v) is 4.10. The number of hydrogen-bond donors (Lipinski definition) is 2. The predicted octanol–water partition coefficient (Wildman–Crippen LogP) is -0.975. The Morgan fingerprint density at radius 2 is 2.31 bits per heavy atom. The fourth-order valence-electron chi connectivity index (χ4n) is 1.93. The largest absolute Gasteiger partial charge is 0.481 e. The summed E-state index contributed by atoms with van der Waals surface area (Å²) in [4.78, 5) is 12.7. The molecule has 0 radical (unpaired) electrons. The lowest BCUT2D eigenvalue weighted by Crippen LogP contribution is -2.44. The standard InChI is InChI=1S/C10H19NO5/c1-11(3-7(12)4-15-2)9-6-16-5-8(9)10(13)14/h7-9,12H,3-6H2,1-2H3,(H,13,14). The van der Waals surface area contributed by atoms with E-state index < -0.39 is 18.0 Å². The van der Waals surface area contributed by atoms with Crippen LogP contribution in [0.4, 0.5) is 0 Å². The SMILES string of the molecule is COCC(O)CN(C)C1COCC1C(=O)O. The lowest BCUT2D eigenvalue weighted by Gasteiger charge is -2.27. The zero-order chi connectivity index (χ0) is 12.1. The molecule has 0 amide bonds. The summed E-state index contributed by atoms with van der Waals surface area (Å²) < 4.78 is 9.98. The molecule has 1 fully saturated rings. The molecule has 1 saturated heterocycles. The van der Waals surface area contributed by atoms with Gasteiger partial charge in [0.1, 0.15) is 0 Å². The van der Waals surface area contributed by atoms with Gasteiger partial charge < -0.3 is 19.7 Å². The van der Waals surface area contributed by atoms with Crippen LogP contribution in [0.5, 0.6) is 0 Å². The number of carboxylic acids is 1. The van der Waals surface area contributed by atoms with E-state index in [2.05, 4.69) is 0 Å². The van der Waals surface area contributed by atoms with Crippen LogP contribution in [0.2, 0.25) is 0 Å². The van der Waals surface area contributed by atoms with Crippen molar-refractivity contribution in [1.29, 1.82) is 0 Å². The Kier molecular flexibility index (Phi) is 5.14. The van der Waals surface area contributed by atoms with Crippen molar-refractivity contribution in [2.75, 3.05) is 40.5 Å². The lowest BCUT2D eigenvalue weighted by molar-refractivity contribution is -0.143. The number of carbonyl (C=O) groups is 1. The Morgan fingerprint density at radius 3 is 2.88 bits per heavy atom. The molecule has 0 aromatic rings. The number of likely N-dealkylation sites (N-methyl/N-ethyl adjacent to an activating group) is 1. The Morgan fingerprint density at radius 1 is 1.62 bits per heavy atom. The lowest BCUT2D eigenvalue weighted by atomic mass is 10.0. The van der Waals surface area contributed by atoms with Crippen LogP contribution in [-0.4, -0.2) is 73.8 Å².